The maximum atomic E-state index is 12.3. The Bertz CT molecular complexity index is 826. The van der Waals surface area contributed by atoms with Crippen LogP contribution in [-0.2, 0) is 17.9 Å². The summed E-state index contributed by atoms with van der Waals surface area (Å²) in [6.07, 6.45) is -0.0549. The third-order valence-corrected chi connectivity index (χ3v) is 4.63. The number of carbonyl (C=O) groups is 2. The Balaban J connectivity index is 1.72. The molecule has 1 aromatic carbocycles. The van der Waals surface area contributed by atoms with E-state index in [2.05, 4.69) is 10.3 Å². The van der Waals surface area contributed by atoms with E-state index in [1.165, 1.54) is 11.3 Å². The number of methoxy groups -OCH3 is 1. The van der Waals surface area contributed by atoms with Crippen molar-refractivity contribution in [1.82, 2.24) is 5.32 Å². The molecule has 0 saturated heterocycles. The van der Waals surface area contributed by atoms with Crippen LogP contribution in [-0.4, -0.2) is 29.6 Å². The van der Waals surface area contributed by atoms with Crippen molar-refractivity contribution in [3.63, 3.8) is 0 Å². The summed E-state index contributed by atoms with van der Waals surface area (Å²) in [5, 5.41) is 14.2. The van der Waals surface area contributed by atoms with Crippen molar-refractivity contribution < 1.29 is 19.4 Å². The number of benzene rings is 1. The van der Waals surface area contributed by atoms with E-state index in [4.69, 9.17) is 4.74 Å². The molecule has 3 rings (SSSR count). The van der Waals surface area contributed by atoms with Gasteiger partial charge in [-0.1, -0.05) is 12.1 Å². The third-order valence-electron chi connectivity index (χ3n) is 3.71. The van der Waals surface area contributed by atoms with Gasteiger partial charge in [0.05, 0.1) is 25.7 Å². The minimum Gasteiger partial charge on any atom is -0.497 e. The van der Waals surface area contributed by atoms with E-state index in [0.717, 1.165) is 5.56 Å². The summed E-state index contributed by atoms with van der Waals surface area (Å²) in [6, 6.07) is 7.38. The van der Waals surface area contributed by atoms with E-state index in [1.807, 2.05) is 24.3 Å². The SMILES string of the molecule is COc1cccc(CNC(=O)C2=Nc3scc(CO)c3C(=O)C2)c1. The van der Waals surface area contributed by atoms with E-state index in [9.17, 15) is 14.7 Å². The molecule has 0 atom stereocenters. The smallest absolute Gasteiger partial charge is 0.266 e. The zero-order valence-corrected chi connectivity index (χ0v) is 13.9. The summed E-state index contributed by atoms with van der Waals surface area (Å²) >= 11 is 1.26. The first-order valence-corrected chi connectivity index (χ1v) is 8.23. The van der Waals surface area contributed by atoms with Crippen molar-refractivity contribution in [1.29, 1.82) is 0 Å². The average molecular weight is 344 g/mol. The Morgan fingerprint density at radius 1 is 1.46 bits per heavy atom. The summed E-state index contributed by atoms with van der Waals surface area (Å²) in [5.41, 5.74) is 2.10. The van der Waals surface area contributed by atoms with Gasteiger partial charge in [-0.15, -0.1) is 11.3 Å². The van der Waals surface area contributed by atoms with E-state index < -0.39 is 0 Å². The number of rotatable bonds is 5. The van der Waals surface area contributed by atoms with Gasteiger partial charge in [-0.25, -0.2) is 4.99 Å². The van der Waals surface area contributed by atoms with Crippen LogP contribution in [0.15, 0.2) is 34.6 Å². The second-order valence-electron chi connectivity index (χ2n) is 5.29. The van der Waals surface area contributed by atoms with Gasteiger partial charge in [-0.05, 0) is 23.1 Å². The molecule has 0 radical (unpaired) electrons. The van der Waals surface area contributed by atoms with Gasteiger partial charge in [0, 0.05) is 12.1 Å². The number of thiophene rings is 1. The van der Waals surface area contributed by atoms with Crippen molar-refractivity contribution in [2.75, 3.05) is 7.11 Å². The Morgan fingerprint density at radius 3 is 3.04 bits per heavy atom. The minimum atomic E-state index is -0.365. The lowest BCUT2D eigenvalue weighted by atomic mass is 10.0. The Kier molecular flexibility index (Phi) is 4.73. The number of ketones is 1. The molecule has 0 unspecified atom stereocenters. The molecular formula is C17H16N2O4S. The summed E-state index contributed by atoms with van der Waals surface area (Å²) in [5.74, 6) is 0.166. The molecular weight excluding hydrogens is 328 g/mol. The molecule has 0 spiro atoms. The first-order valence-electron chi connectivity index (χ1n) is 7.35. The molecule has 6 nitrogen and oxygen atoms in total. The van der Waals surface area contributed by atoms with Crippen LogP contribution in [0.25, 0.3) is 0 Å². The predicted molar refractivity (Wildman–Crippen MR) is 91.1 cm³/mol. The number of carbonyl (C=O) groups excluding carboxylic acids is 2. The van der Waals surface area contributed by atoms with Crippen LogP contribution in [0.1, 0.15) is 27.9 Å². The molecule has 0 fully saturated rings. The van der Waals surface area contributed by atoms with Gasteiger partial charge in [0.25, 0.3) is 5.91 Å². The number of hydrogen-bond donors (Lipinski definition) is 2. The molecule has 24 heavy (non-hydrogen) atoms. The van der Waals surface area contributed by atoms with Crippen LogP contribution >= 0.6 is 11.3 Å². The maximum absolute atomic E-state index is 12.3. The lowest BCUT2D eigenvalue weighted by Crippen LogP contribution is -2.33. The van der Waals surface area contributed by atoms with E-state index in [-0.39, 0.29) is 30.4 Å². The van der Waals surface area contributed by atoms with Crippen molar-refractivity contribution in [3.8, 4) is 5.75 Å². The van der Waals surface area contributed by atoms with Gasteiger partial charge in [0.15, 0.2) is 5.78 Å². The van der Waals surface area contributed by atoms with Crippen molar-refractivity contribution in [2.45, 2.75) is 19.6 Å². The molecule has 1 aliphatic rings. The number of ether oxygens (including phenoxy) is 1. The number of aliphatic hydroxyl groups is 1. The number of nitrogens with one attached hydrogen (secondary N) is 1. The van der Waals surface area contributed by atoms with Gasteiger partial charge in [0.1, 0.15) is 16.5 Å². The summed E-state index contributed by atoms with van der Waals surface area (Å²) in [4.78, 5) is 28.8. The fourth-order valence-electron chi connectivity index (χ4n) is 2.48. The maximum Gasteiger partial charge on any atom is 0.266 e. The number of nitrogens with zero attached hydrogens (tertiary/aromatic N) is 1. The molecule has 1 amide bonds. The van der Waals surface area contributed by atoms with Crippen LogP contribution in [0.3, 0.4) is 0 Å². The molecule has 2 aromatic rings. The molecule has 1 aliphatic heterocycles. The number of aliphatic hydroxyl groups excluding tert-OH is 1. The van der Waals surface area contributed by atoms with Crippen LogP contribution in [0.5, 0.6) is 5.75 Å². The molecule has 2 heterocycles. The zero-order chi connectivity index (χ0) is 17.1. The monoisotopic (exact) mass is 344 g/mol. The lowest BCUT2D eigenvalue weighted by Gasteiger charge is -2.13. The fourth-order valence-corrected chi connectivity index (χ4v) is 3.45. The summed E-state index contributed by atoms with van der Waals surface area (Å²) < 4.78 is 5.14. The van der Waals surface area contributed by atoms with Crippen LogP contribution in [0.2, 0.25) is 0 Å². The number of amides is 1. The first kappa shape index (κ1) is 16.4. The van der Waals surface area contributed by atoms with Gasteiger partial charge in [-0.3, -0.25) is 9.59 Å². The largest absolute Gasteiger partial charge is 0.497 e. The summed E-state index contributed by atoms with van der Waals surface area (Å²) in [7, 11) is 1.58. The Morgan fingerprint density at radius 2 is 2.29 bits per heavy atom. The molecule has 124 valence electrons. The van der Waals surface area contributed by atoms with Crippen LogP contribution in [0.4, 0.5) is 5.00 Å². The topological polar surface area (TPSA) is 88.0 Å². The minimum absolute atomic E-state index is 0.0549. The number of fused-ring (bicyclic) bond motifs is 1. The van der Waals surface area contributed by atoms with E-state index in [0.29, 0.717) is 28.4 Å². The van der Waals surface area contributed by atoms with Crippen LogP contribution in [0, 0.1) is 0 Å². The number of Topliss-reactive ketones (excluding diaryl/α,β-unsaturated/α-hetero) is 1. The highest BCUT2D eigenvalue weighted by Crippen LogP contribution is 2.35. The molecule has 0 saturated carbocycles. The van der Waals surface area contributed by atoms with Gasteiger partial charge >= 0.3 is 0 Å². The van der Waals surface area contributed by atoms with Crippen LogP contribution < -0.4 is 10.1 Å². The van der Waals surface area contributed by atoms with E-state index in [1.54, 1.807) is 12.5 Å². The standard InChI is InChI=1S/C17H16N2O4S/c1-23-12-4-2-3-10(5-12)7-18-16(22)13-6-14(21)15-11(8-20)9-24-17(15)19-13/h2-5,9,20H,6-8H2,1H3,(H,18,22). The van der Waals surface area contributed by atoms with Gasteiger partial charge in [0.2, 0.25) is 0 Å². The molecule has 7 heteroatoms. The van der Waals surface area contributed by atoms with Gasteiger partial charge < -0.3 is 15.2 Å². The second kappa shape index (κ2) is 6.94. The molecule has 1 aromatic heterocycles. The highest BCUT2D eigenvalue weighted by atomic mass is 32.1. The van der Waals surface area contributed by atoms with Crippen molar-refractivity contribution in [3.05, 3.63) is 46.3 Å². The average Bonchev–Trinajstić information content (AvgIpc) is 3.03. The third kappa shape index (κ3) is 3.22. The predicted octanol–water partition coefficient (Wildman–Crippen LogP) is 2.22. The van der Waals surface area contributed by atoms with Crippen molar-refractivity contribution >= 4 is 33.7 Å². The Hall–Kier alpha value is -2.51. The highest BCUT2D eigenvalue weighted by molar-refractivity contribution is 7.14. The fraction of sp³-hybridized carbons (Fsp3) is 0.235. The molecule has 2 N–H and O–H groups in total. The highest BCUT2D eigenvalue weighted by Gasteiger charge is 2.27. The molecule has 0 bridgehead atoms. The number of hydrogen-bond acceptors (Lipinski definition) is 6. The quantitative estimate of drug-likeness (QED) is 0.870. The van der Waals surface area contributed by atoms with Gasteiger partial charge in [-0.2, -0.15) is 0 Å². The lowest BCUT2D eigenvalue weighted by molar-refractivity contribution is -0.115. The van der Waals surface area contributed by atoms with E-state index >= 15 is 0 Å². The zero-order valence-electron chi connectivity index (χ0n) is 13.0. The first-order chi connectivity index (χ1) is 11.6. The number of aliphatic imine (C=N–C) groups is 1. The normalized spacial score (nSPS) is 13.2. The molecule has 0 aliphatic carbocycles. The van der Waals surface area contributed by atoms with Crippen molar-refractivity contribution in [2.24, 2.45) is 4.99 Å². The Labute approximate surface area is 142 Å². The summed E-state index contributed by atoms with van der Waals surface area (Å²) in [6.45, 7) is 0.118. The second-order valence-corrected chi connectivity index (χ2v) is 6.15.